The molecule has 2 fully saturated rings. The quantitative estimate of drug-likeness (QED) is 0.895. The number of nitrogens with two attached hydrogens (primary N) is 1. The summed E-state index contributed by atoms with van der Waals surface area (Å²) < 4.78 is 39.8. The summed E-state index contributed by atoms with van der Waals surface area (Å²) in [6.07, 6.45) is -3.76. The molecule has 3 heterocycles. The first-order valence-electron chi connectivity index (χ1n) is 8.44. The average molecular weight is 365 g/mol. The fourth-order valence-electron chi connectivity index (χ4n) is 4.07. The molecule has 2 aliphatic rings. The molecule has 6 nitrogen and oxygen atoms in total. The van der Waals surface area contributed by atoms with Gasteiger partial charge in [-0.25, -0.2) is 9.97 Å². The number of carbonyl (C=O) groups excluding carboxylic acids is 1. The molecule has 2 aliphatic heterocycles. The van der Waals surface area contributed by atoms with Crippen LogP contribution in [0.3, 0.4) is 0 Å². The molecule has 26 heavy (non-hydrogen) atoms. The maximum absolute atomic E-state index is 13.3. The summed E-state index contributed by atoms with van der Waals surface area (Å²) in [6.45, 7) is 2.11. The van der Waals surface area contributed by atoms with Crippen LogP contribution in [0.15, 0.2) is 24.3 Å². The SMILES string of the molecule is NC(=O)CN1CC2CCN(c3nc(C(F)(F)F)nc4ccccc34)C2C1. The van der Waals surface area contributed by atoms with E-state index in [4.69, 9.17) is 5.73 Å². The van der Waals surface area contributed by atoms with Crippen molar-refractivity contribution in [2.24, 2.45) is 11.7 Å². The van der Waals surface area contributed by atoms with E-state index in [0.29, 0.717) is 24.3 Å². The van der Waals surface area contributed by atoms with Gasteiger partial charge in [0.25, 0.3) is 0 Å². The van der Waals surface area contributed by atoms with Crippen LogP contribution in [0, 0.1) is 5.92 Å². The number of hydrogen-bond acceptors (Lipinski definition) is 5. The van der Waals surface area contributed by atoms with E-state index in [0.717, 1.165) is 13.0 Å². The van der Waals surface area contributed by atoms with Crippen molar-refractivity contribution in [3.8, 4) is 0 Å². The molecule has 2 aromatic rings. The van der Waals surface area contributed by atoms with Crippen molar-refractivity contribution in [2.75, 3.05) is 31.1 Å². The lowest BCUT2D eigenvalue weighted by atomic mass is 10.1. The Hall–Kier alpha value is -2.42. The van der Waals surface area contributed by atoms with Gasteiger partial charge in [0.15, 0.2) is 0 Å². The van der Waals surface area contributed by atoms with Crippen LogP contribution in [0.25, 0.3) is 10.9 Å². The number of benzene rings is 1. The standard InChI is InChI=1S/C17H18F3N5O/c18-17(19,20)16-22-12-4-2-1-3-11(12)15(23-16)25-6-5-10-7-24(8-13(10)25)9-14(21)26/h1-4,10,13H,5-9H2,(H2,21,26). The highest BCUT2D eigenvalue weighted by atomic mass is 19.4. The molecule has 1 aromatic heterocycles. The first-order valence-corrected chi connectivity index (χ1v) is 8.44. The number of likely N-dealkylation sites (tertiary alicyclic amines) is 1. The van der Waals surface area contributed by atoms with E-state index in [1.165, 1.54) is 0 Å². The molecule has 2 unspecified atom stereocenters. The number of anilines is 1. The summed E-state index contributed by atoms with van der Waals surface area (Å²) in [5, 5.41) is 0.606. The first kappa shape index (κ1) is 17.0. The molecule has 9 heteroatoms. The lowest BCUT2D eigenvalue weighted by molar-refractivity contribution is -0.144. The minimum atomic E-state index is -4.61. The van der Waals surface area contributed by atoms with Crippen molar-refractivity contribution < 1.29 is 18.0 Å². The van der Waals surface area contributed by atoms with Gasteiger partial charge in [-0.3, -0.25) is 9.69 Å². The second-order valence-electron chi connectivity index (χ2n) is 6.86. The van der Waals surface area contributed by atoms with Gasteiger partial charge in [-0.15, -0.1) is 0 Å². The van der Waals surface area contributed by atoms with Crippen LogP contribution in [-0.4, -0.2) is 53.0 Å². The fraction of sp³-hybridized carbons (Fsp3) is 0.471. The van der Waals surface area contributed by atoms with Crippen LogP contribution in [0.4, 0.5) is 19.0 Å². The van der Waals surface area contributed by atoms with Gasteiger partial charge in [-0.1, -0.05) is 12.1 Å². The molecular weight excluding hydrogens is 347 g/mol. The van der Waals surface area contributed by atoms with Crippen LogP contribution >= 0.6 is 0 Å². The highest BCUT2D eigenvalue weighted by Crippen LogP contribution is 2.38. The second-order valence-corrected chi connectivity index (χ2v) is 6.86. The summed E-state index contributed by atoms with van der Waals surface area (Å²) >= 11 is 0. The van der Waals surface area contributed by atoms with E-state index in [-0.39, 0.29) is 24.0 Å². The molecule has 0 bridgehead atoms. The van der Waals surface area contributed by atoms with E-state index in [9.17, 15) is 18.0 Å². The Labute approximate surface area is 147 Å². The Kier molecular flexibility index (Phi) is 3.98. The molecule has 138 valence electrons. The largest absolute Gasteiger partial charge is 0.451 e. The van der Waals surface area contributed by atoms with Crippen molar-refractivity contribution >= 4 is 22.6 Å². The van der Waals surface area contributed by atoms with Crippen LogP contribution < -0.4 is 10.6 Å². The van der Waals surface area contributed by atoms with E-state index < -0.39 is 17.9 Å². The number of nitrogens with zero attached hydrogens (tertiary/aromatic N) is 4. The zero-order valence-electron chi connectivity index (χ0n) is 13.9. The number of fused-ring (bicyclic) bond motifs is 2. The molecule has 0 radical (unpaired) electrons. The van der Waals surface area contributed by atoms with Gasteiger partial charge in [-0.2, -0.15) is 13.2 Å². The maximum atomic E-state index is 13.3. The lowest BCUT2D eigenvalue weighted by Crippen LogP contribution is -2.38. The number of primary amides is 1. The van der Waals surface area contributed by atoms with Gasteiger partial charge >= 0.3 is 6.18 Å². The number of para-hydroxylation sites is 1. The van der Waals surface area contributed by atoms with Crippen molar-refractivity contribution in [2.45, 2.75) is 18.6 Å². The first-order chi connectivity index (χ1) is 12.3. The third kappa shape index (κ3) is 2.96. The Morgan fingerprint density at radius 1 is 1.23 bits per heavy atom. The Balaban J connectivity index is 1.73. The molecule has 2 saturated heterocycles. The zero-order valence-corrected chi connectivity index (χ0v) is 13.9. The maximum Gasteiger partial charge on any atom is 0.451 e. The van der Waals surface area contributed by atoms with Crippen LogP contribution in [0.1, 0.15) is 12.2 Å². The van der Waals surface area contributed by atoms with Crippen molar-refractivity contribution in [1.82, 2.24) is 14.9 Å². The van der Waals surface area contributed by atoms with Crippen molar-refractivity contribution in [3.05, 3.63) is 30.1 Å². The molecule has 2 N–H and O–H groups in total. The smallest absolute Gasteiger partial charge is 0.369 e. The highest BCUT2D eigenvalue weighted by Gasteiger charge is 2.43. The highest BCUT2D eigenvalue weighted by molar-refractivity contribution is 5.90. The summed E-state index contributed by atoms with van der Waals surface area (Å²) in [4.78, 5) is 22.6. The van der Waals surface area contributed by atoms with E-state index in [1.54, 1.807) is 24.3 Å². The third-order valence-electron chi connectivity index (χ3n) is 5.11. The number of rotatable bonds is 3. The molecule has 0 spiro atoms. The van der Waals surface area contributed by atoms with E-state index >= 15 is 0 Å². The zero-order chi connectivity index (χ0) is 18.5. The summed E-state index contributed by atoms with van der Waals surface area (Å²) in [5.74, 6) is -0.918. The van der Waals surface area contributed by atoms with Gasteiger partial charge < -0.3 is 10.6 Å². The average Bonchev–Trinajstić information content (AvgIpc) is 3.12. The summed E-state index contributed by atoms with van der Waals surface area (Å²) in [5.41, 5.74) is 5.55. The van der Waals surface area contributed by atoms with Crippen LogP contribution in [0.5, 0.6) is 0 Å². The second kappa shape index (κ2) is 6.08. The number of carbonyl (C=O) groups is 1. The molecule has 1 aromatic carbocycles. The number of alkyl halides is 3. The van der Waals surface area contributed by atoms with Crippen LogP contribution in [-0.2, 0) is 11.0 Å². The molecule has 0 saturated carbocycles. The monoisotopic (exact) mass is 365 g/mol. The summed E-state index contributed by atoms with van der Waals surface area (Å²) in [6, 6.07) is 6.76. The topological polar surface area (TPSA) is 75.4 Å². The van der Waals surface area contributed by atoms with E-state index in [2.05, 4.69) is 9.97 Å². The van der Waals surface area contributed by atoms with Gasteiger partial charge in [0.1, 0.15) is 5.82 Å². The Morgan fingerprint density at radius 2 is 2.00 bits per heavy atom. The molecule has 1 amide bonds. The molecular formula is C17H18F3N5O. The van der Waals surface area contributed by atoms with E-state index in [1.807, 2.05) is 9.80 Å². The van der Waals surface area contributed by atoms with Crippen molar-refractivity contribution in [1.29, 1.82) is 0 Å². The molecule has 4 rings (SSSR count). The number of aromatic nitrogens is 2. The molecule has 0 aliphatic carbocycles. The number of halogens is 3. The predicted molar refractivity (Wildman–Crippen MR) is 89.4 cm³/mol. The third-order valence-corrected chi connectivity index (χ3v) is 5.11. The predicted octanol–water partition coefficient (Wildman–Crippen LogP) is 1.64. The van der Waals surface area contributed by atoms with Gasteiger partial charge in [0.2, 0.25) is 11.7 Å². The summed E-state index contributed by atoms with van der Waals surface area (Å²) in [7, 11) is 0. The number of amides is 1. The van der Waals surface area contributed by atoms with Crippen molar-refractivity contribution in [3.63, 3.8) is 0 Å². The normalized spacial score (nSPS) is 23.6. The molecule has 2 atom stereocenters. The Bertz CT molecular complexity index is 856. The number of hydrogen-bond donors (Lipinski definition) is 1. The Morgan fingerprint density at radius 3 is 2.73 bits per heavy atom. The van der Waals surface area contributed by atoms with Gasteiger partial charge in [0.05, 0.1) is 12.1 Å². The fourth-order valence-corrected chi connectivity index (χ4v) is 4.07. The minimum absolute atomic E-state index is 0.0220. The van der Waals surface area contributed by atoms with Crippen LogP contribution in [0.2, 0.25) is 0 Å². The minimum Gasteiger partial charge on any atom is -0.369 e. The van der Waals surface area contributed by atoms with Gasteiger partial charge in [-0.05, 0) is 24.5 Å². The van der Waals surface area contributed by atoms with Gasteiger partial charge in [0, 0.05) is 31.1 Å². The lowest BCUT2D eigenvalue weighted by Gasteiger charge is -2.27.